The Hall–Kier alpha value is -1.13. The van der Waals surface area contributed by atoms with Crippen LogP contribution in [0.1, 0.15) is 37.1 Å². The molecule has 0 bridgehead atoms. The first-order chi connectivity index (χ1) is 8.78. The Morgan fingerprint density at radius 2 is 2.33 bits per heavy atom. The third-order valence-corrected chi connectivity index (χ3v) is 4.49. The number of para-hydroxylation sites is 1. The van der Waals surface area contributed by atoms with Crippen LogP contribution in [0.5, 0.6) is 5.75 Å². The molecule has 1 atom stereocenters. The van der Waals surface area contributed by atoms with E-state index in [1.807, 2.05) is 12.1 Å². The molecule has 1 aliphatic carbocycles. The molecule has 1 unspecified atom stereocenters. The summed E-state index contributed by atoms with van der Waals surface area (Å²) in [5.41, 5.74) is 6.89. The van der Waals surface area contributed by atoms with Crippen LogP contribution in [0.15, 0.2) is 18.2 Å². The maximum atomic E-state index is 5.89. The van der Waals surface area contributed by atoms with Gasteiger partial charge in [-0.2, -0.15) is 0 Å². The van der Waals surface area contributed by atoms with Crippen LogP contribution in [-0.2, 0) is 0 Å². The molecule has 1 aliphatic rings. The van der Waals surface area contributed by atoms with Gasteiger partial charge in [0.25, 0.3) is 0 Å². The lowest BCUT2D eigenvalue weighted by Gasteiger charge is -2.11. The van der Waals surface area contributed by atoms with Gasteiger partial charge in [0.15, 0.2) is 0 Å². The van der Waals surface area contributed by atoms with Crippen LogP contribution in [0.2, 0.25) is 0 Å². The number of ether oxygens (including phenoxy) is 1. The topological polar surface area (TPSA) is 48.1 Å². The molecule has 1 fully saturated rings. The Morgan fingerprint density at radius 3 is 3.06 bits per heavy atom. The van der Waals surface area contributed by atoms with E-state index in [1.54, 1.807) is 11.3 Å². The van der Waals surface area contributed by atoms with E-state index in [-0.39, 0.29) is 6.04 Å². The van der Waals surface area contributed by atoms with Crippen molar-refractivity contribution < 1.29 is 4.74 Å². The summed E-state index contributed by atoms with van der Waals surface area (Å²) in [6.45, 7) is 2.63. The van der Waals surface area contributed by atoms with Crippen LogP contribution in [0.4, 0.5) is 0 Å². The number of benzene rings is 1. The fraction of sp³-hybridized carbons (Fsp3) is 0.500. The molecule has 0 spiro atoms. The van der Waals surface area contributed by atoms with Crippen molar-refractivity contribution in [3.63, 3.8) is 0 Å². The average molecular weight is 262 g/mol. The first-order valence-corrected chi connectivity index (χ1v) is 7.37. The summed E-state index contributed by atoms with van der Waals surface area (Å²) in [5, 5.41) is 1.26. The summed E-state index contributed by atoms with van der Waals surface area (Å²) < 4.78 is 7.03. The van der Waals surface area contributed by atoms with E-state index in [2.05, 4.69) is 13.0 Å². The molecule has 1 heterocycles. The number of hydrogen-bond acceptors (Lipinski definition) is 4. The second-order valence-corrected chi connectivity index (χ2v) is 5.97. The molecule has 96 valence electrons. The molecule has 0 amide bonds. The van der Waals surface area contributed by atoms with Crippen LogP contribution >= 0.6 is 11.3 Å². The zero-order valence-electron chi connectivity index (χ0n) is 10.6. The Balaban J connectivity index is 1.86. The van der Waals surface area contributed by atoms with Crippen molar-refractivity contribution in [2.75, 3.05) is 6.61 Å². The molecule has 0 aliphatic heterocycles. The van der Waals surface area contributed by atoms with E-state index in [4.69, 9.17) is 15.5 Å². The lowest BCUT2D eigenvalue weighted by Crippen LogP contribution is -2.26. The monoisotopic (exact) mass is 262 g/mol. The van der Waals surface area contributed by atoms with Gasteiger partial charge in [0, 0.05) is 12.0 Å². The average Bonchev–Trinajstić information content (AvgIpc) is 3.15. The van der Waals surface area contributed by atoms with Crippen molar-refractivity contribution in [2.24, 2.45) is 5.73 Å². The SMILES string of the molecule is CCC(N)COc1cccc2sc(C3CC3)nc12. The number of hydrogen-bond donors (Lipinski definition) is 1. The quantitative estimate of drug-likeness (QED) is 0.899. The molecule has 3 rings (SSSR count). The van der Waals surface area contributed by atoms with Crippen molar-refractivity contribution in [3.8, 4) is 5.75 Å². The lowest BCUT2D eigenvalue weighted by atomic mass is 10.2. The smallest absolute Gasteiger partial charge is 0.146 e. The van der Waals surface area contributed by atoms with Crippen molar-refractivity contribution in [1.29, 1.82) is 0 Å². The molecule has 2 N–H and O–H groups in total. The van der Waals surface area contributed by atoms with Crippen LogP contribution in [-0.4, -0.2) is 17.6 Å². The van der Waals surface area contributed by atoms with Gasteiger partial charge >= 0.3 is 0 Å². The number of rotatable bonds is 5. The molecule has 2 aromatic rings. The van der Waals surface area contributed by atoms with Crippen LogP contribution in [0.3, 0.4) is 0 Å². The maximum Gasteiger partial charge on any atom is 0.146 e. The summed E-state index contributed by atoms with van der Waals surface area (Å²) >= 11 is 1.80. The van der Waals surface area contributed by atoms with Gasteiger partial charge in [-0.25, -0.2) is 4.98 Å². The first kappa shape index (κ1) is 11.9. The molecule has 0 saturated heterocycles. The second-order valence-electron chi connectivity index (χ2n) is 4.91. The highest BCUT2D eigenvalue weighted by Gasteiger charge is 2.27. The van der Waals surface area contributed by atoms with Gasteiger partial charge in [0.1, 0.15) is 17.9 Å². The highest BCUT2D eigenvalue weighted by Crippen LogP contribution is 2.44. The summed E-state index contributed by atoms with van der Waals surface area (Å²) in [4.78, 5) is 4.73. The Kier molecular flexibility index (Phi) is 3.22. The zero-order chi connectivity index (χ0) is 12.5. The minimum absolute atomic E-state index is 0.0989. The van der Waals surface area contributed by atoms with Crippen LogP contribution in [0, 0.1) is 0 Å². The number of thiazole rings is 1. The number of aromatic nitrogens is 1. The summed E-state index contributed by atoms with van der Waals surface area (Å²) in [7, 11) is 0. The second kappa shape index (κ2) is 4.86. The normalized spacial score (nSPS) is 17.0. The molecule has 18 heavy (non-hydrogen) atoms. The van der Waals surface area contributed by atoms with Gasteiger partial charge in [-0.1, -0.05) is 13.0 Å². The molecular formula is C14H18N2OS. The summed E-state index contributed by atoms with van der Waals surface area (Å²) in [5.74, 6) is 1.58. The predicted molar refractivity (Wildman–Crippen MR) is 75.4 cm³/mol. The van der Waals surface area contributed by atoms with Crippen molar-refractivity contribution in [3.05, 3.63) is 23.2 Å². The minimum Gasteiger partial charge on any atom is -0.490 e. The summed E-state index contributed by atoms with van der Waals surface area (Å²) in [6.07, 6.45) is 3.51. The number of nitrogens with zero attached hydrogens (tertiary/aromatic N) is 1. The van der Waals surface area contributed by atoms with Crippen molar-refractivity contribution in [1.82, 2.24) is 4.98 Å². The highest BCUT2D eigenvalue weighted by atomic mass is 32.1. The van der Waals surface area contributed by atoms with Gasteiger partial charge in [-0.15, -0.1) is 11.3 Å². The van der Waals surface area contributed by atoms with Gasteiger partial charge < -0.3 is 10.5 Å². The van der Waals surface area contributed by atoms with E-state index >= 15 is 0 Å². The van der Waals surface area contributed by atoms with Crippen LogP contribution < -0.4 is 10.5 Å². The summed E-state index contributed by atoms with van der Waals surface area (Å²) in [6, 6.07) is 6.23. The number of nitrogens with two attached hydrogens (primary N) is 1. The number of fused-ring (bicyclic) bond motifs is 1. The fourth-order valence-corrected chi connectivity index (χ4v) is 3.03. The van der Waals surface area contributed by atoms with Gasteiger partial charge in [0.05, 0.1) is 9.71 Å². The van der Waals surface area contributed by atoms with Gasteiger partial charge in [-0.05, 0) is 31.4 Å². The Bertz CT molecular complexity index is 548. The fourth-order valence-electron chi connectivity index (χ4n) is 1.88. The molecule has 4 heteroatoms. The van der Waals surface area contributed by atoms with Crippen molar-refractivity contribution >= 4 is 21.6 Å². The van der Waals surface area contributed by atoms with E-state index in [9.17, 15) is 0 Å². The van der Waals surface area contributed by atoms with E-state index in [0.29, 0.717) is 12.5 Å². The highest BCUT2D eigenvalue weighted by molar-refractivity contribution is 7.18. The van der Waals surface area contributed by atoms with Gasteiger partial charge in [0.2, 0.25) is 0 Å². The molecule has 1 aromatic carbocycles. The predicted octanol–water partition coefficient (Wildman–Crippen LogP) is 3.29. The molecule has 0 radical (unpaired) electrons. The first-order valence-electron chi connectivity index (χ1n) is 6.55. The van der Waals surface area contributed by atoms with Crippen molar-refractivity contribution in [2.45, 2.75) is 38.1 Å². The van der Waals surface area contributed by atoms with E-state index < -0.39 is 0 Å². The Labute approximate surface area is 111 Å². The van der Waals surface area contributed by atoms with E-state index in [0.717, 1.165) is 17.7 Å². The molecule has 1 saturated carbocycles. The molecule has 1 aromatic heterocycles. The third kappa shape index (κ3) is 2.35. The van der Waals surface area contributed by atoms with Crippen LogP contribution in [0.25, 0.3) is 10.2 Å². The third-order valence-electron chi connectivity index (χ3n) is 3.30. The Morgan fingerprint density at radius 1 is 1.50 bits per heavy atom. The largest absolute Gasteiger partial charge is 0.490 e. The molecule has 3 nitrogen and oxygen atoms in total. The van der Waals surface area contributed by atoms with Gasteiger partial charge in [-0.3, -0.25) is 0 Å². The maximum absolute atomic E-state index is 5.89. The van der Waals surface area contributed by atoms with E-state index in [1.165, 1.54) is 22.5 Å². The zero-order valence-corrected chi connectivity index (χ0v) is 11.4. The molecular weight excluding hydrogens is 244 g/mol. The lowest BCUT2D eigenvalue weighted by molar-refractivity contribution is 0.288. The minimum atomic E-state index is 0.0989. The standard InChI is InChI=1S/C14H18N2OS/c1-2-10(15)8-17-11-4-3-5-12-13(11)16-14(18-12)9-6-7-9/h3-5,9-10H,2,6-8,15H2,1H3.